The molecule has 1 heterocycles. The van der Waals surface area contributed by atoms with E-state index < -0.39 is 0 Å². The van der Waals surface area contributed by atoms with Gasteiger partial charge in [0.15, 0.2) is 0 Å². The molecule has 0 unspecified atom stereocenters. The molecular weight excluding hydrogens is 315 g/mol. The fraction of sp³-hybridized carbons (Fsp3) is 0.278. The van der Waals surface area contributed by atoms with E-state index in [9.17, 15) is 9.18 Å². The summed E-state index contributed by atoms with van der Waals surface area (Å²) in [6.07, 6.45) is 0. The van der Waals surface area contributed by atoms with Gasteiger partial charge in [0.2, 0.25) is 0 Å². The molecule has 0 radical (unpaired) electrons. The average Bonchev–Trinajstić information content (AvgIpc) is 2.55. The average molecular weight is 335 g/mol. The Labute approximate surface area is 142 Å². The maximum Gasteiger partial charge on any atom is 0.254 e. The predicted octanol–water partition coefficient (Wildman–Crippen LogP) is -1.19. The zero-order chi connectivity index (χ0) is 15.5. The lowest BCUT2D eigenvalue weighted by Crippen LogP contribution is -3.10. The van der Waals surface area contributed by atoms with E-state index >= 15 is 0 Å². The number of piperazine rings is 1. The van der Waals surface area contributed by atoms with Gasteiger partial charge >= 0.3 is 0 Å². The van der Waals surface area contributed by atoms with Gasteiger partial charge in [-0.05, 0) is 31.2 Å². The summed E-state index contributed by atoms with van der Waals surface area (Å²) < 4.78 is 13.0. The quantitative estimate of drug-likeness (QED) is 0.734. The van der Waals surface area contributed by atoms with E-state index in [1.165, 1.54) is 17.0 Å². The van der Waals surface area contributed by atoms with Gasteiger partial charge in [-0.2, -0.15) is 0 Å². The molecule has 2 aromatic rings. The topological polar surface area (TPSA) is 24.8 Å². The van der Waals surface area contributed by atoms with Crippen molar-refractivity contribution in [3.63, 3.8) is 0 Å². The molecule has 0 saturated carbocycles. The first kappa shape index (κ1) is 17.4. The van der Waals surface area contributed by atoms with Crippen LogP contribution in [0.25, 0.3) is 0 Å². The van der Waals surface area contributed by atoms with Crippen LogP contribution >= 0.6 is 0 Å². The number of amides is 1. The maximum atomic E-state index is 13.0. The molecule has 122 valence electrons. The number of carbonyl (C=O) groups excluding carboxylic acids is 1. The summed E-state index contributed by atoms with van der Waals surface area (Å²) in [5.41, 5.74) is 2.94. The normalized spacial score (nSPS) is 15.1. The highest BCUT2D eigenvalue weighted by molar-refractivity contribution is 5.94. The van der Waals surface area contributed by atoms with Crippen LogP contribution in [-0.4, -0.2) is 37.0 Å². The van der Waals surface area contributed by atoms with Gasteiger partial charge in [-0.15, -0.1) is 0 Å². The number of hydrogen-bond acceptors (Lipinski definition) is 1. The first-order chi connectivity index (χ1) is 10.6. The van der Waals surface area contributed by atoms with Crippen molar-refractivity contribution in [1.29, 1.82) is 0 Å². The molecule has 2 aromatic carbocycles. The van der Waals surface area contributed by atoms with E-state index in [1.807, 2.05) is 48.2 Å². The minimum Gasteiger partial charge on any atom is -1.00 e. The van der Waals surface area contributed by atoms with Crippen LogP contribution in [0.5, 0.6) is 0 Å². The van der Waals surface area contributed by atoms with Crippen LogP contribution in [0.2, 0.25) is 0 Å². The first-order valence-corrected chi connectivity index (χ1v) is 7.60. The number of hydrogen-bond donors (Lipinski definition) is 1. The molecule has 0 bridgehead atoms. The van der Waals surface area contributed by atoms with Crippen molar-refractivity contribution >= 4 is 11.6 Å². The number of rotatable bonds is 2. The highest BCUT2D eigenvalue weighted by Gasteiger charge is 2.25. The van der Waals surface area contributed by atoms with Crippen molar-refractivity contribution in [3.8, 4) is 0 Å². The van der Waals surface area contributed by atoms with Gasteiger partial charge in [-0.3, -0.25) is 9.69 Å². The Morgan fingerprint density at radius 1 is 1.09 bits per heavy atom. The third kappa shape index (κ3) is 4.09. The van der Waals surface area contributed by atoms with Crippen molar-refractivity contribution in [1.82, 2.24) is 4.90 Å². The van der Waals surface area contributed by atoms with Crippen LogP contribution in [0.15, 0.2) is 48.5 Å². The SMILES string of the molecule is Cc1cccc(C(=O)N2CC[NH+](c3ccc(F)cc3)CC2)c1.[Cl-]. The summed E-state index contributed by atoms with van der Waals surface area (Å²) in [5.74, 6) is -0.113. The van der Waals surface area contributed by atoms with Gasteiger partial charge in [-0.1, -0.05) is 17.7 Å². The summed E-state index contributed by atoms with van der Waals surface area (Å²) in [5, 5.41) is 0. The van der Waals surface area contributed by atoms with Crippen molar-refractivity contribution in [2.45, 2.75) is 6.92 Å². The standard InChI is InChI=1S/C18H19FN2O.ClH/c1-14-3-2-4-15(13-14)18(22)21-11-9-20(10-12-21)17-7-5-16(19)6-8-17;/h2-8,13H,9-12H2,1H3;1H. The number of quaternary nitrogens is 1. The summed E-state index contributed by atoms with van der Waals surface area (Å²) in [6, 6.07) is 14.3. The summed E-state index contributed by atoms with van der Waals surface area (Å²) in [7, 11) is 0. The Kier molecular flexibility index (Phi) is 5.74. The van der Waals surface area contributed by atoms with Gasteiger partial charge in [-0.25, -0.2) is 4.39 Å². The molecule has 0 atom stereocenters. The number of benzene rings is 2. The fourth-order valence-electron chi connectivity index (χ4n) is 2.91. The van der Waals surface area contributed by atoms with E-state index in [0.717, 1.165) is 43.0 Å². The number of nitrogens with one attached hydrogen (secondary N) is 1. The zero-order valence-corrected chi connectivity index (χ0v) is 13.8. The van der Waals surface area contributed by atoms with Crippen LogP contribution in [0, 0.1) is 12.7 Å². The second kappa shape index (κ2) is 7.57. The molecular formula is C18H20ClFN2O. The van der Waals surface area contributed by atoms with E-state index in [0.29, 0.717) is 0 Å². The number of aryl methyl sites for hydroxylation is 1. The van der Waals surface area contributed by atoms with Crippen LogP contribution in [0.3, 0.4) is 0 Å². The number of nitrogens with zero attached hydrogens (tertiary/aromatic N) is 1. The fourth-order valence-corrected chi connectivity index (χ4v) is 2.91. The van der Waals surface area contributed by atoms with Crippen molar-refractivity contribution < 1.29 is 26.5 Å². The van der Waals surface area contributed by atoms with E-state index in [2.05, 4.69) is 0 Å². The Morgan fingerprint density at radius 3 is 2.35 bits per heavy atom. The van der Waals surface area contributed by atoms with Crippen molar-refractivity contribution in [2.24, 2.45) is 0 Å². The molecule has 1 fully saturated rings. The molecule has 1 saturated heterocycles. The molecule has 3 rings (SSSR count). The Morgan fingerprint density at radius 2 is 1.74 bits per heavy atom. The third-order valence-electron chi connectivity index (χ3n) is 4.17. The van der Waals surface area contributed by atoms with Gasteiger partial charge in [0.1, 0.15) is 11.5 Å². The summed E-state index contributed by atoms with van der Waals surface area (Å²) in [6.45, 7) is 5.14. The van der Waals surface area contributed by atoms with E-state index in [-0.39, 0.29) is 24.1 Å². The van der Waals surface area contributed by atoms with Gasteiger partial charge in [0.05, 0.1) is 26.2 Å². The second-order valence-corrected chi connectivity index (χ2v) is 5.77. The molecule has 3 nitrogen and oxygen atoms in total. The second-order valence-electron chi connectivity index (χ2n) is 5.77. The smallest absolute Gasteiger partial charge is 0.254 e. The molecule has 5 heteroatoms. The van der Waals surface area contributed by atoms with Crippen molar-refractivity contribution in [3.05, 3.63) is 65.5 Å². The first-order valence-electron chi connectivity index (χ1n) is 7.60. The molecule has 1 aliphatic heterocycles. The van der Waals surface area contributed by atoms with E-state index in [1.54, 1.807) is 0 Å². The number of halogens is 2. The molecule has 1 aliphatic rings. The third-order valence-corrected chi connectivity index (χ3v) is 4.17. The van der Waals surface area contributed by atoms with Crippen LogP contribution < -0.4 is 17.3 Å². The predicted molar refractivity (Wildman–Crippen MR) is 83.8 cm³/mol. The van der Waals surface area contributed by atoms with Gasteiger partial charge in [0.25, 0.3) is 5.91 Å². The minimum absolute atomic E-state index is 0. The van der Waals surface area contributed by atoms with Crippen LogP contribution in [0.4, 0.5) is 10.1 Å². The lowest BCUT2D eigenvalue weighted by molar-refractivity contribution is -0.837. The largest absolute Gasteiger partial charge is 1.00 e. The molecule has 23 heavy (non-hydrogen) atoms. The Bertz CT molecular complexity index is 667. The molecule has 0 aliphatic carbocycles. The summed E-state index contributed by atoms with van der Waals surface area (Å²) in [4.78, 5) is 15.7. The summed E-state index contributed by atoms with van der Waals surface area (Å²) >= 11 is 0. The maximum absolute atomic E-state index is 13.0. The molecule has 0 aromatic heterocycles. The monoisotopic (exact) mass is 334 g/mol. The zero-order valence-electron chi connectivity index (χ0n) is 13.1. The van der Waals surface area contributed by atoms with E-state index in [4.69, 9.17) is 0 Å². The Balaban J connectivity index is 0.00000192. The lowest BCUT2D eigenvalue weighted by atomic mass is 10.1. The van der Waals surface area contributed by atoms with Crippen LogP contribution in [0.1, 0.15) is 15.9 Å². The van der Waals surface area contributed by atoms with Gasteiger partial charge in [0, 0.05) is 17.7 Å². The van der Waals surface area contributed by atoms with Crippen molar-refractivity contribution in [2.75, 3.05) is 26.2 Å². The minimum atomic E-state index is -0.212. The lowest BCUT2D eigenvalue weighted by Gasteiger charge is -2.32. The molecule has 1 amide bonds. The Hall–Kier alpha value is -1.91. The van der Waals surface area contributed by atoms with Gasteiger partial charge < -0.3 is 17.3 Å². The van der Waals surface area contributed by atoms with Crippen LogP contribution in [-0.2, 0) is 0 Å². The number of carbonyl (C=O) groups is 1. The molecule has 0 spiro atoms. The highest BCUT2D eigenvalue weighted by Crippen LogP contribution is 2.09. The molecule has 1 N–H and O–H groups in total. The highest BCUT2D eigenvalue weighted by atomic mass is 35.5.